The van der Waals surface area contributed by atoms with Crippen LogP contribution in [0.25, 0.3) is 0 Å². The normalized spacial score (nSPS) is 27.7. The molecular formula is C10H16N2O. The highest BCUT2D eigenvalue weighted by molar-refractivity contribution is 5.78. The second-order valence-electron chi connectivity index (χ2n) is 3.44. The van der Waals surface area contributed by atoms with Crippen LogP contribution in [0.15, 0.2) is 0 Å². The van der Waals surface area contributed by atoms with Crippen LogP contribution >= 0.6 is 0 Å². The Balaban J connectivity index is 2.34. The van der Waals surface area contributed by atoms with E-state index in [9.17, 15) is 4.79 Å². The fourth-order valence-corrected chi connectivity index (χ4v) is 1.59. The molecule has 0 bridgehead atoms. The first kappa shape index (κ1) is 10.1. The zero-order valence-electron chi connectivity index (χ0n) is 7.97. The molecule has 1 amide bonds. The van der Waals surface area contributed by atoms with Gasteiger partial charge in [-0.2, -0.15) is 0 Å². The Labute approximate surface area is 79.3 Å². The van der Waals surface area contributed by atoms with Gasteiger partial charge >= 0.3 is 0 Å². The molecule has 1 heterocycles. The Morgan fingerprint density at radius 3 is 3.15 bits per heavy atom. The van der Waals surface area contributed by atoms with Crippen LogP contribution in [0.2, 0.25) is 0 Å². The predicted molar refractivity (Wildman–Crippen MR) is 52.1 cm³/mol. The monoisotopic (exact) mass is 180 g/mol. The van der Waals surface area contributed by atoms with E-state index in [1.807, 2.05) is 0 Å². The zero-order chi connectivity index (χ0) is 9.68. The van der Waals surface area contributed by atoms with Crippen molar-refractivity contribution in [3.8, 4) is 12.3 Å². The summed E-state index contributed by atoms with van der Waals surface area (Å²) in [5.41, 5.74) is 0. The van der Waals surface area contributed by atoms with E-state index in [0.29, 0.717) is 6.04 Å². The number of hydrogen-bond donors (Lipinski definition) is 2. The lowest BCUT2D eigenvalue weighted by atomic mass is 10.00. The van der Waals surface area contributed by atoms with Crippen molar-refractivity contribution in [1.82, 2.24) is 10.6 Å². The van der Waals surface area contributed by atoms with Crippen molar-refractivity contribution in [2.75, 3.05) is 6.54 Å². The minimum absolute atomic E-state index is 0.0388. The molecule has 1 saturated heterocycles. The molecular weight excluding hydrogens is 164 g/mol. The van der Waals surface area contributed by atoms with Gasteiger partial charge in [0, 0.05) is 12.1 Å². The second kappa shape index (κ2) is 4.88. The molecule has 2 N–H and O–H groups in total. The third kappa shape index (κ3) is 3.08. The molecule has 0 aromatic heterocycles. The maximum Gasteiger partial charge on any atom is 0.232 e. The molecule has 1 aliphatic rings. The summed E-state index contributed by atoms with van der Waals surface area (Å²) in [6, 6.07) is 0.602. The summed E-state index contributed by atoms with van der Waals surface area (Å²) in [6.07, 6.45) is 7.39. The molecule has 1 fully saturated rings. The number of carbonyl (C=O) groups excluding carboxylic acids is 1. The molecule has 3 nitrogen and oxygen atoms in total. The van der Waals surface area contributed by atoms with Crippen molar-refractivity contribution in [3.05, 3.63) is 0 Å². The van der Waals surface area contributed by atoms with Crippen LogP contribution < -0.4 is 10.6 Å². The summed E-state index contributed by atoms with van der Waals surface area (Å²) < 4.78 is 0. The highest BCUT2D eigenvalue weighted by atomic mass is 16.1. The molecule has 0 saturated carbocycles. The lowest BCUT2D eigenvalue weighted by Crippen LogP contribution is -2.51. The summed E-state index contributed by atoms with van der Waals surface area (Å²) >= 11 is 0. The minimum atomic E-state index is -0.0388. The van der Waals surface area contributed by atoms with Crippen LogP contribution in [0, 0.1) is 12.3 Å². The Morgan fingerprint density at radius 2 is 2.54 bits per heavy atom. The molecule has 1 rings (SSSR count). The fourth-order valence-electron chi connectivity index (χ4n) is 1.59. The van der Waals surface area contributed by atoms with Crippen molar-refractivity contribution in [3.63, 3.8) is 0 Å². The van der Waals surface area contributed by atoms with Gasteiger partial charge in [0.25, 0.3) is 0 Å². The summed E-state index contributed by atoms with van der Waals surface area (Å²) in [5.74, 6) is 2.30. The molecule has 0 aromatic carbocycles. The number of nitrogens with one attached hydrogen (secondary N) is 2. The van der Waals surface area contributed by atoms with Gasteiger partial charge in [-0.15, -0.1) is 6.42 Å². The first-order chi connectivity index (χ1) is 6.24. The largest absolute Gasteiger partial charge is 0.351 e. The quantitative estimate of drug-likeness (QED) is 0.599. The van der Waals surface area contributed by atoms with Gasteiger partial charge in [0.1, 0.15) is 0 Å². The van der Waals surface area contributed by atoms with Crippen molar-refractivity contribution in [2.45, 2.75) is 38.3 Å². The average Bonchev–Trinajstić information content (AvgIpc) is 2.09. The summed E-state index contributed by atoms with van der Waals surface area (Å²) in [5, 5.41) is 6.24. The Hall–Kier alpha value is -1.01. The minimum Gasteiger partial charge on any atom is -0.351 e. The van der Waals surface area contributed by atoms with E-state index < -0.39 is 0 Å². The van der Waals surface area contributed by atoms with Gasteiger partial charge in [0.2, 0.25) is 5.91 Å². The fraction of sp³-hybridized carbons (Fsp3) is 0.700. The maximum atomic E-state index is 11.2. The van der Waals surface area contributed by atoms with Crippen LogP contribution in [0.5, 0.6) is 0 Å². The maximum absolute atomic E-state index is 11.2. The van der Waals surface area contributed by atoms with Crippen molar-refractivity contribution >= 4 is 5.91 Å². The number of hydrogen-bond acceptors (Lipinski definition) is 2. The van der Waals surface area contributed by atoms with Crippen LogP contribution in [-0.2, 0) is 4.79 Å². The lowest BCUT2D eigenvalue weighted by Gasteiger charge is -2.30. The number of carbonyl (C=O) groups is 1. The molecule has 2 unspecified atom stereocenters. The lowest BCUT2D eigenvalue weighted by molar-refractivity contribution is -0.121. The predicted octanol–water partition coefficient (Wildman–Crippen LogP) is 0.266. The SMILES string of the molecule is C#CCC(=O)NC1CCCNC1C. The number of rotatable bonds is 2. The highest BCUT2D eigenvalue weighted by Gasteiger charge is 2.21. The zero-order valence-corrected chi connectivity index (χ0v) is 7.97. The molecule has 2 atom stereocenters. The third-order valence-electron chi connectivity index (χ3n) is 2.37. The molecule has 72 valence electrons. The van der Waals surface area contributed by atoms with E-state index in [0.717, 1.165) is 19.4 Å². The standard InChI is InChI=1S/C10H16N2O/c1-3-5-10(13)12-9-6-4-7-11-8(9)2/h1,8-9,11H,4-7H2,2H3,(H,12,13). The van der Waals surface area contributed by atoms with Crippen molar-refractivity contribution in [1.29, 1.82) is 0 Å². The van der Waals surface area contributed by atoms with Gasteiger partial charge in [0.15, 0.2) is 0 Å². The molecule has 0 spiro atoms. The topological polar surface area (TPSA) is 41.1 Å². The molecule has 13 heavy (non-hydrogen) atoms. The van der Waals surface area contributed by atoms with Gasteiger partial charge in [-0.3, -0.25) is 4.79 Å². The number of amides is 1. The summed E-state index contributed by atoms with van der Waals surface area (Å²) in [4.78, 5) is 11.2. The van der Waals surface area contributed by atoms with Crippen LogP contribution in [0.1, 0.15) is 26.2 Å². The van der Waals surface area contributed by atoms with Crippen LogP contribution in [0.4, 0.5) is 0 Å². The Morgan fingerprint density at radius 1 is 1.77 bits per heavy atom. The second-order valence-corrected chi connectivity index (χ2v) is 3.44. The van der Waals surface area contributed by atoms with Gasteiger partial charge in [-0.25, -0.2) is 0 Å². The third-order valence-corrected chi connectivity index (χ3v) is 2.37. The Kier molecular flexibility index (Phi) is 3.78. The molecule has 0 aromatic rings. The summed E-state index contributed by atoms with van der Waals surface area (Å²) in [7, 11) is 0. The first-order valence-electron chi connectivity index (χ1n) is 4.70. The smallest absolute Gasteiger partial charge is 0.232 e. The van der Waals surface area contributed by atoms with Gasteiger partial charge in [-0.1, -0.05) is 5.92 Å². The van der Waals surface area contributed by atoms with E-state index in [1.54, 1.807) is 0 Å². The van der Waals surface area contributed by atoms with E-state index in [-0.39, 0.29) is 18.4 Å². The highest BCUT2D eigenvalue weighted by Crippen LogP contribution is 2.07. The van der Waals surface area contributed by atoms with E-state index >= 15 is 0 Å². The van der Waals surface area contributed by atoms with E-state index in [1.165, 1.54) is 0 Å². The average molecular weight is 180 g/mol. The summed E-state index contributed by atoms with van der Waals surface area (Å²) in [6.45, 7) is 3.13. The molecule has 0 aliphatic carbocycles. The van der Waals surface area contributed by atoms with Gasteiger partial charge < -0.3 is 10.6 Å². The van der Waals surface area contributed by atoms with Crippen LogP contribution in [-0.4, -0.2) is 24.5 Å². The van der Waals surface area contributed by atoms with E-state index in [2.05, 4.69) is 23.5 Å². The first-order valence-corrected chi connectivity index (χ1v) is 4.70. The molecule has 0 radical (unpaired) electrons. The van der Waals surface area contributed by atoms with Crippen molar-refractivity contribution < 1.29 is 4.79 Å². The van der Waals surface area contributed by atoms with Crippen molar-refractivity contribution in [2.24, 2.45) is 0 Å². The number of terminal acetylenes is 1. The van der Waals surface area contributed by atoms with Crippen LogP contribution in [0.3, 0.4) is 0 Å². The van der Waals surface area contributed by atoms with Gasteiger partial charge in [0.05, 0.1) is 6.42 Å². The van der Waals surface area contributed by atoms with Gasteiger partial charge in [-0.05, 0) is 26.3 Å². The molecule has 1 aliphatic heterocycles. The molecule has 3 heteroatoms. The number of piperidine rings is 1. The van der Waals surface area contributed by atoms with E-state index in [4.69, 9.17) is 6.42 Å². The Bertz CT molecular complexity index is 219.